The maximum Gasteiger partial charge on any atom is 0.519 e. The molecule has 0 fully saturated rings. The smallest absolute Gasteiger partial charge is 0.456 e. The molecule has 78 valence electrons. The van der Waals surface area contributed by atoms with Crippen LogP contribution in [0.4, 0.5) is 0 Å². The molecule has 1 aromatic rings. The number of nitrogens with two attached hydrogens (primary N) is 1. The van der Waals surface area contributed by atoms with Crippen molar-refractivity contribution in [2.45, 2.75) is 26.5 Å². The van der Waals surface area contributed by atoms with Crippen molar-refractivity contribution < 1.29 is 18.4 Å². The summed E-state index contributed by atoms with van der Waals surface area (Å²) < 4.78 is 13.9. The Labute approximate surface area is 79.6 Å². The van der Waals surface area contributed by atoms with Crippen LogP contribution in [-0.2, 0) is 16.1 Å². The quantitative estimate of drug-likeness (QED) is 0.688. The standard InChI is InChI=1S/C8H11NO5/c1-4(9)7(10)12-3-6-5(2)13-8(11)14-6/h4H,3,9H2,1-2H3. The molecule has 1 heterocycles. The van der Waals surface area contributed by atoms with E-state index in [1.54, 1.807) is 6.92 Å². The molecule has 0 spiro atoms. The Balaban J connectivity index is 2.58. The average molecular weight is 201 g/mol. The number of rotatable bonds is 3. The number of carbonyl (C=O) groups excluding carboxylic acids is 1. The highest BCUT2D eigenvalue weighted by molar-refractivity contribution is 5.74. The number of aryl methyl sites for hydroxylation is 1. The summed E-state index contributed by atoms with van der Waals surface area (Å²) >= 11 is 0. The molecule has 0 bridgehead atoms. The predicted octanol–water partition coefficient (Wildman–Crippen LogP) is -0.0684. The Bertz CT molecular complexity index is 375. The lowest BCUT2D eigenvalue weighted by molar-refractivity contribution is -0.146. The van der Waals surface area contributed by atoms with Crippen molar-refractivity contribution in [1.29, 1.82) is 0 Å². The van der Waals surface area contributed by atoms with Gasteiger partial charge in [-0.05, 0) is 13.8 Å². The minimum atomic E-state index is -0.811. The number of ether oxygens (including phenoxy) is 1. The summed E-state index contributed by atoms with van der Waals surface area (Å²) in [6, 6.07) is -0.700. The molecule has 0 saturated heterocycles. The van der Waals surface area contributed by atoms with Crippen LogP contribution in [0.1, 0.15) is 18.4 Å². The number of esters is 1. The third-order valence-corrected chi connectivity index (χ3v) is 1.55. The van der Waals surface area contributed by atoms with E-state index in [-0.39, 0.29) is 12.4 Å². The molecular formula is C8H11NO5. The van der Waals surface area contributed by atoms with E-state index in [1.807, 2.05) is 0 Å². The molecule has 1 unspecified atom stereocenters. The Morgan fingerprint density at radius 2 is 2.21 bits per heavy atom. The van der Waals surface area contributed by atoms with Gasteiger partial charge in [0.25, 0.3) is 0 Å². The molecule has 14 heavy (non-hydrogen) atoms. The lowest BCUT2D eigenvalue weighted by Crippen LogP contribution is -2.28. The number of carbonyl (C=O) groups is 1. The Kier molecular flexibility index (Phi) is 3.08. The molecule has 6 nitrogen and oxygen atoms in total. The number of hydrogen-bond donors (Lipinski definition) is 1. The van der Waals surface area contributed by atoms with E-state index >= 15 is 0 Å². The van der Waals surface area contributed by atoms with Gasteiger partial charge in [0.1, 0.15) is 6.04 Å². The zero-order valence-electron chi connectivity index (χ0n) is 7.90. The second-order valence-electron chi connectivity index (χ2n) is 2.83. The fraction of sp³-hybridized carbons (Fsp3) is 0.500. The van der Waals surface area contributed by atoms with Crippen LogP contribution < -0.4 is 11.6 Å². The van der Waals surface area contributed by atoms with Crippen molar-refractivity contribution >= 4 is 5.97 Å². The summed E-state index contributed by atoms with van der Waals surface area (Å²) in [6.45, 7) is 2.90. The molecule has 0 aliphatic rings. The van der Waals surface area contributed by atoms with Gasteiger partial charge >= 0.3 is 11.8 Å². The molecule has 2 N–H and O–H groups in total. The van der Waals surface area contributed by atoms with Gasteiger partial charge < -0.3 is 19.3 Å². The molecule has 1 atom stereocenters. The van der Waals surface area contributed by atoms with Gasteiger partial charge in [0.15, 0.2) is 18.1 Å². The van der Waals surface area contributed by atoms with Crippen LogP contribution in [-0.4, -0.2) is 12.0 Å². The molecular weight excluding hydrogens is 190 g/mol. The summed E-state index contributed by atoms with van der Waals surface area (Å²) in [5.74, 6) is -0.876. The van der Waals surface area contributed by atoms with Crippen LogP contribution in [0.3, 0.4) is 0 Å². The first-order valence-corrected chi connectivity index (χ1v) is 4.02. The zero-order chi connectivity index (χ0) is 10.7. The zero-order valence-corrected chi connectivity index (χ0v) is 7.90. The molecule has 0 amide bonds. The topological polar surface area (TPSA) is 95.7 Å². The summed E-state index contributed by atoms with van der Waals surface area (Å²) in [7, 11) is 0. The molecule has 0 aliphatic carbocycles. The van der Waals surface area contributed by atoms with Gasteiger partial charge in [-0.25, -0.2) is 4.79 Å². The summed E-state index contributed by atoms with van der Waals surface area (Å²) in [5, 5.41) is 0. The molecule has 0 aliphatic heterocycles. The summed E-state index contributed by atoms with van der Waals surface area (Å²) in [5.41, 5.74) is 5.25. The first kappa shape index (κ1) is 10.5. The fourth-order valence-corrected chi connectivity index (χ4v) is 0.774. The first-order valence-electron chi connectivity index (χ1n) is 4.02. The van der Waals surface area contributed by atoms with Crippen molar-refractivity contribution in [2.75, 3.05) is 0 Å². The average Bonchev–Trinajstić information content (AvgIpc) is 2.40. The highest BCUT2D eigenvalue weighted by atomic mass is 16.6. The van der Waals surface area contributed by atoms with E-state index in [1.165, 1.54) is 6.92 Å². The van der Waals surface area contributed by atoms with Crippen LogP contribution in [0, 0.1) is 6.92 Å². The van der Waals surface area contributed by atoms with Gasteiger partial charge in [-0.15, -0.1) is 0 Å². The van der Waals surface area contributed by atoms with Crippen molar-refractivity contribution in [3.63, 3.8) is 0 Å². The van der Waals surface area contributed by atoms with E-state index in [2.05, 4.69) is 8.83 Å². The van der Waals surface area contributed by atoms with Gasteiger partial charge in [0, 0.05) is 0 Å². The fourth-order valence-electron chi connectivity index (χ4n) is 0.774. The van der Waals surface area contributed by atoms with Gasteiger partial charge in [0.2, 0.25) is 0 Å². The van der Waals surface area contributed by atoms with Crippen LogP contribution >= 0.6 is 0 Å². The Morgan fingerprint density at radius 1 is 1.57 bits per heavy atom. The molecule has 1 rings (SSSR count). The third-order valence-electron chi connectivity index (χ3n) is 1.55. The van der Waals surface area contributed by atoms with Gasteiger partial charge in [-0.1, -0.05) is 0 Å². The van der Waals surface area contributed by atoms with E-state index in [0.717, 1.165) is 0 Å². The first-order chi connectivity index (χ1) is 6.50. The largest absolute Gasteiger partial charge is 0.519 e. The maximum atomic E-state index is 10.9. The van der Waals surface area contributed by atoms with Gasteiger partial charge in [0.05, 0.1) is 0 Å². The summed E-state index contributed by atoms with van der Waals surface area (Å²) in [6.07, 6.45) is 0. The molecule has 0 radical (unpaired) electrons. The van der Waals surface area contributed by atoms with Crippen molar-refractivity contribution in [3.05, 3.63) is 22.1 Å². The highest BCUT2D eigenvalue weighted by Gasteiger charge is 2.13. The number of hydrogen-bond acceptors (Lipinski definition) is 6. The SMILES string of the molecule is Cc1oc(=O)oc1COC(=O)C(C)N. The Hall–Kier alpha value is -1.56. The molecule has 6 heteroatoms. The molecule has 1 aromatic heterocycles. The lowest BCUT2D eigenvalue weighted by Gasteiger charge is -2.04. The van der Waals surface area contributed by atoms with E-state index in [4.69, 9.17) is 10.5 Å². The normalized spacial score (nSPS) is 12.5. The van der Waals surface area contributed by atoms with E-state index in [0.29, 0.717) is 5.76 Å². The minimum absolute atomic E-state index is 0.141. The summed E-state index contributed by atoms with van der Waals surface area (Å²) in [4.78, 5) is 21.5. The highest BCUT2D eigenvalue weighted by Crippen LogP contribution is 2.06. The van der Waals surface area contributed by atoms with Crippen molar-refractivity contribution in [2.24, 2.45) is 5.73 Å². The Morgan fingerprint density at radius 3 is 2.64 bits per heavy atom. The second-order valence-corrected chi connectivity index (χ2v) is 2.83. The predicted molar refractivity (Wildman–Crippen MR) is 45.4 cm³/mol. The maximum absolute atomic E-state index is 10.9. The molecule has 0 saturated carbocycles. The van der Waals surface area contributed by atoms with Crippen LogP contribution in [0.25, 0.3) is 0 Å². The van der Waals surface area contributed by atoms with Gasteiger partial charge in [-0.2, -0.15) is 0 Å². The van der Waals surface area contributed by atoms with Crippen LogP contribution in [0.15, 0.2) is 13.6 Å². The van der Waals surface area contributed by atoms with Crippen LogP contribution in [0.2, 0.25) is 0 Å². The van der Waals surface area contributed by atoms with Crippen LogP contribution in [0.5, 0.6) is 0 Å². The second kappa shape index (κ2) is 4.10. The van der Waals surface area contributed by atoms with E-state index in [9.17, 15) is 9.59 Å². The monoisotopic (exact) mass is 201 g/mol. The van der Waals surface area contributed by atoms with Gasteiger partial charge in [-0.3, -0.25) is 4.79 Å². The van der Waals surface area contributed by atoms with Crippen molar-refractivity contribution in [3.8, 4) is 0 Å². The van der Waals surface area contributed by atoms with Crippen molar-refractivity contribution in [1.82, 2.24) is 0 Å². The lowest BCUT2D eigenvalue weighted by atomic mass is 10.4. The third kappa shape index (κ3) is 2.46. The van der Waals surface area contributed by atoms with E-state index < -0.39 is 17.8 Å². The molecule has 0 aromatic carbocycles. The minimum Gasteiger partial charge on any atom is -0.456 e.